The minimum Gasteiger partial charge on any atom is -0.334 e. The number of nitrogens with one attached hydrogen (secondary N) is 1. The molecule has 1 amide bonds. The van der Waals surface area contributed by atoms with Crippen molar-refractivity contribution < 1.29 is 4.79 Å². The van der Waals surface area contributed by atoms with E-state index in [4.69, 9.17) is 0 Å². The van der Waals surface area contributed by atoms with Crippen LogP contribution in [0.15, 0.2) is 47.5 Å². The Balaban J connectivity index is 1.58. The molecule has 1 aliphatic rings. The monoisotopic (exact) mass is 335 g/mol. The molecule has 0 radical (unpaired) electrons. The number of H-pyrrole nitrogens is 1. The summed E-state index contributed by atoms with van der Waals surface area (Å²) in [6, 6.07) is 9.58. The van der Waals surface area contributed by atoms with Crippen LogP contribution in [-0.4, -0.2) is 37.1 Å². The second kappa shape index (κ2) is 6.01. The Labute approximate surface area is 143 Å². The van der Waals surface area contributed by atoms with Crippen LogP contribution < -0.4 is 5.56 Å². The topological polar surface area (TPSA) is 83.9 Å². The van der Waals surface area contributed by atoms with Crippen LogP contribution >= 0.6 is 0 Å². The molecule has 0 atom stereocenters. The highest BCUT2D eigenvalue weighted by Crippen LogP contribution is 2.20. The Bertz CT molecular complexity index is 1000. The predicted octanol–water partition coefficient (Wildman–Crippen LogP) is 1.46. The van der Waals surface area contributed by atoms with Crippen LogP contribution in [0.2, 0.25) is 0 Å². The average Bonchev–Trinajstić information content (AvgIpc) is 3.10. The smallest absolute Gasteiger partial charge is 0.257 e. The van der Waals surface area contributed by atoms with Crippen LogP contribution in [-0.2, 0) is 13.0 Å². The Kier molecular flexibility index (Phi) is 3.68. The molecule has 126 valence electrons. The summed E-state index contributed by atoms with van der Waals surface area (Å²) in [5, 5.41) is 4.17. The summed E-state index contributed by atoms with van der Waals surface area (Å²) in [6.07, 6.45) is 3.95. The largest absolute Gasteiger partial charge is 0.334 e. The van der Waals surface area contributed by atoms with Crippen LogP contribution in [0.5, 0.6) is 0 Å². The maximum atomic E-state index is 12.8. The molecule has 7 nitrogen and oxygen atoms in total. The van der Waals surface area contributed by atoms with Crippen molar-refractivity contribution in [2.75, 3.05) is 6.54 Å². The second-order valence-corrected chi connectivity index (χ2v) is 6.13. The molecule has 0 fully saturated rings. The number of aromatic nitrogens is 4. The lowest BCUT2D eigenvalue weighted by Crippen LogP contribution is -2.35. The van der Waals surface area contributed by atoms with Crippen molar-refractivity contribution in [2.45, 2.75) is 19.9 Å². The number of carbonyl (C=O) groups excluding carboxylic acids is 1. The molecular weight excluding hydrogens is 318 g/mol. The van der Waals surface area contributed by atoms with Gasteiger partial charge in [-0.05, 0) is 24.5 Å². The molecule has 0 saturated carbocycles. The number of amides is 1. The van der Waals surface area contributed by atoms with Crippen molar-refractivity contribution >= 4 is 5.91 Å². The van der Waals surface area contributed by atoms with E-state index in [1.807, 2.05) is 17.0 Å². The minimum absolute atomic E-state index is 0.0734. The lowest BCUT2D eigenvalue weighted by molar-refractivity contribution is 0.0734. The van der Waals surface area contributed by atoms with E-state index in [-0.39, 0.29) is 11.5 Å². The first-order chi connectivity index (χ1) is 12.1. The Morgan fingerprint density at radius 3 is 2.84 bits per heavy atom. The number of carbonyl (C=O) groups is 1. The van der Waals surface area contributed by atoms with Crippen molar-refractivity contribution in [3.8, 4) is 5.95 Å². The number of benzene rings is 1. The maximum Gasteiger partial charge on any atom is 0.257 e. The molecule has 1 aromatic carbocycles. The zero-order chi connectivity index (χ0) is 17.4. The quantitative estimate of drug-likeness (QED) is 0.768. The van der Waals surface area contributed by atoms with E-state index in [9.17, 15) is 9.59 Å². The first-order valence-electron chi connectivity index (χ1n) is 8.09. The van der Waals surface area contributed by atoms with Crippen molar-refractivity contribution in [3.63, 3.8) is 0 Å². The highest BCUT2D eigenvalue weighted by Gasteiger charge is 2.22. The number of hydrogen-bond acceptors (Lipinski definition) is 4. The highest BCUT2D eigenvalue weighted by molar-refractivity contribution is 5.94. The van der Waals surface area contributed by atoms with Gasteiger partial charge in [-0.3, -0.25) is 14.6 Å². The molecule has 3 aromatic rings. The van der Waals surface area contributed by atoms with Gasteiger partial charge in [-0.2, -0.15) is 5.10 Å². The van der Waals surface area contributed by atoms with E-state index in [0.29, 0.717) is 30.3 Å². The fourth-order valence-electron chi connectivity index (χ4n) is 3.07. The number of hydrogen-bond donors (Lipinski definition) is 1. The Hall–Kier alpha value is -3.22. The SMILES string of the molecule is Cc1cc(=O)[nH]c(-n2cc(C(=O)N3CCc4ccccc4C3)cn2)n1. The van der Waals surface area contributed by atoms with Gasteiger partial charge < -0.3 is 4.90 Å². The van der Waals surface area contributed by atoms with Gasteiger partial charge in [0.05, 0.1) is 11.8 Å². The van der Waals surface area contributed by atoms with Crippen molar-refractivity contribution in [2.24, 2.45) is 0 Å². The lowest BCUT2D eigenvalue weighted by Gasteiger charge is -2.28. The third-order valence-corrected chi connectivity index (χ3v) is 4.32. The summed E-state index contributed by atoms with van der Waals surface area (Å²) >= 11 is 0. The van der Waals surface area contributed by atoms with Gasteiger partial charge in [-0.1, -0.05) is 24.3 Å². The van der Waals surface area contributed by atoms with Gasteiger partial charge in [0.2, 0.25) is 5.95 Å². The average molecular weight is 335 g/mol. The third kappa shape index (κ3) is 2.96. The highest BCUT2D eigenvalue weighted by atomic mass is 16.2. The normalized spacial score (nSPS) is 13.6. The molecule has 2 aromatic heterocycles. The third-order valence-electron chi connectivity index (χ3n) is 4.32. The summed E-state index contributed by atoms with van der Waals surface area (Å²) in [4.78, 5) is 33.0. The Morgan fingerprint density at radius 2 is 2.04 bits per heavy atom. The van der Waals surface area contributed by atoms with E-state index in [2.05, 4.69) is 27.2 Å². The summed E-state index contributed by atoms with van der Waals surface area (Å²) in [6.45, 7) is 3.01. The molecule has 1 N–H and O–H groups in total. The molecule has 4 rings (SSSR count). The second-order valence-electron chi connectivity index (χ2n) is 6.13. The van der Waals surface area contributed by atoms with E-state index < -0.39 is 0 Å². The van der Waals surface area contributed by atoms with Crippen molar-refractivity contribution in [1.29, 1.82) is 0 Å². The van der Waals surface area contributed by atoms with E-state index in [1.54, 1.807) is 13.1 Å². The summed E-state index contributed by atoms with van der Waals surface area (Å²) in [5.74, 6) is 0.226. The van der Waals surface area contributed by atoms with Crippen LogP contribution in [0.25, 0.3) is 5.95 Å². The van der Waals surface area contributed by atoms with Crippen LogP contribution in [0.4, 0.5) is 0 Å². The number of rotatable bonds is 2. The fourth-order valence-corrected chi connectivity index (χ4v) is 3.07. The summed E-state index contributed by atoms with van der Waals surface area (Å²) in [7, 11) is 0. The van der Waals surface area contributed by atoms with Gasteiger partial charge >= 0.3 is 0 Å². The molecule has 0 bridgehead atoms. The van der Waals surface area contributed by atoms with Crippen molar-refractivity contribution in [3.05, 3.63) is 75.5 Å². The molecule has 25 heavy (non-hydrogen) atoms. The number of nitrogens with zero attached hydrogens (tertiary/aromatic N) is 4. The number of aromatic amines is 1. The predicted molar refractivity (Wildman–Crippen MR) is 91.6 cm³/mol. The number of aryl methyl sites for hydroxylation is 1. The van der Waals surface area contributed by atoms with Crippen LogP contribution in [0, 0.1) is 6.92 Å². The van der Waals surface area contributed by atoms with E-state index >= 15 is 0 Å². The fraction of sp³-hybridized carbons (Fsp3) is 0.222. The maximum absolute atomic E-state index is 12.8. The van der Waals surface area contributed by atoms with Gasteiger partial charge in [0, 0.05) is 31.0 Å². The molecule has 3 heterocycles. The molecule has 7 heteroatoms. The van der Waals surface area contributed by atoms with Crippen LogP contribution in [0.1, 0.15) is 27.2 Å². The van der Waals surface area contributed by atoms with Gasteiger partial charge in [0.15, 0.2) is 0 Å². The molecule has 0 unspecified atom stereocenters. The molecule has 1 aliphatic heterocycles. The molecule has 0 spiro atoms. The van der Waals surface area contributed by atoms with Gasteiger partial charge in [-0.25, -0.2) is 9.67 Å². The zero-order valence-corrected chi connectivity index (χ0v) is 13.8. The Morgan fingerprint density at radius 1 is 1.24 bits per heavy atom. The summed E-state index contributed by atoms with van der Waals surface area (Å²) in [5.41, 5.74) is 3.29. The standard InChI is InChI=1S/C18H17N5O2/c1-12-8-16(24)21-18(20-12)23-11-15(9-19-23)17(25)22-7-6-13-4-2-3-5-14(13)10-22/h2-5,8-9,11H,6-7,10H2,1H3,(H,20,21,24). The molecular formula is C18H17N5O2. The van der Waals surface area contributed by atoms with Gasteiger partial charge in [0.25, 0.3) is 11.5 Å². The van der Waals surface area contributed by atoms with E-state index in [0.717, 1.165) is 6.42 Å². The van der Waals surface area contributed by atoms with E-state index in [1.165, 1.54) is 28.1 Å². The lowest BCUT2D eigenvalue weighted by atomic mass is 9.99. The zero-order valence-electron chi connectivity index (χ0n) is 13.8. The van der Waals surface area contributed by atoms with Crippen LogP contribution in [0.3, 0.4) is 0 Å². The summed E-state index contributed by atoms with van der Waals surface area (Å²) < 4.78 is 1.42. The number of fused-ring (bicyclic) bond motifs is 1. The first kappa shape index (κ1) is 15.3. The minimum atomic E-state index is -0.251. The van der Waals surface area contributed by atoms with Crippen molar-refractivity contribution in [1.82, 2.24) is 24.6 Å². The first-order valence-corrected chi connectivity index (χ1v) is 8.09. The molecule has 0 aliphatic carbocycles. The molecule has 0 saturated heterocycles. The van der Waals surface area contributed by atoms with Gasteiger partial charge in [0.1, 0.15) is 0 Å². The van der Waals surface area contributed by atoms with Gasteiger partial charge in [-0.15, -0.1) is 0 Å².